The Morgan fingerprint density at radius 3 is 2.57 bits per heavy atom. The summed E-state index contributed by atoms with van der Waals surface area (Å²) in [6, 6.07) is 4.94. The highest BCUT2D eigenvalue weighted by atomic mass is 127. The third-order valence-corrected chi connectivity index (χ3v) is 5.03. The van der Waals surface area contributed by atoms with E-state index in [1.807, 2.05) is 11.8 Å². The Balaban J connectivity index is 0.00000392. The summed E-state index contributed by atoms with van der Waals surface area (Å²) in [4.78, 5) is 29.9. The fraction of sp³-hybridized carbons (Fsp3) is 0.500. The van der Waals surface area contributed by atoms with Gasteiger partial charge in [0.25, 0.3) is 5.91 Å². The van der Waals surface area contributed by atoms with Gasteiger partial charge in [0.2, 0.25) is 5.91 Å². The number of hydrogen-bond donors (Lipinski definition) is 3. The van der Waals surface area contributed by atoms with E-state index in [9.17, 15) is 9.59 Å². The summed E-state index contributed by atoms with van der Waals surface area (Å²) >= 11 is 11.8. The molecule has 1 aliphatic rings. The average molecular weight is 542 g/mol. The monoisotopic (exact) mass is 541 g/mol. The smallest absolute Gasteiger partial charge is 0.251 e. The second-order valence-corrected chi connectivity index (χ2v) is 7.02. The minimum atomic E-state index is -0.220. The van der Waals surface area contributed by atoms with Gasteiger partial charge in [0.15, 0.2) is 5.96 Å². The minimum Gasteiger partial charge on any atom is -0.355 e. The zero-order valence-corrected chi connectivity index (χ0v) is 19.8. The first-order chi connectivity index (χ1) is 12.9. The van der Waals surface area contributed by atoms with Crippen LogP contribution in [0.25, 0.3) is 0 Å². The standard InChI is InChI=1S/C18H25Cl2N5O2.HI/c1-3-16(26)25-9-6-13(11-25)24-18(21-2)23-8-7-22-17(27)12-4-5-14(19)15(20)10-12;/h4-5,10,13H,3,6-9,11H2,1-2H3,(H,22,27)(H2,21,23,24);1H. The summed E-state index contributed by atoms with van der Waals surface area (Å²) < 4.78 is 0. The Hall–Kier alpha value is -1.26. The molecule has 0 aliphatic carbocycles. The largest absolute Gasteiger partial charge is 0.355 e. The molecule has 1 atom stereocenters. The maximum absolute atomic E-state index is 12.1. The number of carbonyl (C=O) groups excluding carboxylic acids is 2. The van der Waals surface area contributed by atoms with E-state index in [1.165, 1.54) is 6.07 Å². The molecule has 1 unspecified atom stereocenters. The molecule has 0 saturated carbocycles. The van der Waals surface area contributed by atoms with E-state index in [0.717, 1.165) is 13.0 Å². The van der Waals surface area contributed by atoms with Crippen LogP contribution in [0.5, 0.6) is 0 Å². The van der Waals surface area contributed by atoms with Gasteiger partial charge in [0.05, 0.1) is 10.0 Å². The summed E-state index contributed by atoms with van der Waals surface area (Å²) in [6.07, 6.45) is 1.42. The van der Waals surface area contributed by atoms with E-state index in [4.69, 9.17) is 23.2 Å². The van der Waals surface area contributed by atoms with Crippen molar-refractivity contribution in [2.75, 3.05) is 33.2 Å². The third-order valence-electron chi connectivity index (χ3n) is 4.29. The molecule has 2 amide bonds. The highest BCUT2D eigenvalue weighted by Crippen LogP contribution is 2.22. The van der Waals surface area contributed by atoms with Crippen molar-refractivity contribution < 1.29 is 9.59 Å². The highest BCUT2D eigenvalue weighted by molar-refractivity contribution is 14.0. The van der Waals surface area contributed by atoms with Crippen LogP contribution in [0, 0.1) is 0 Å². The van der Waals surface area contributed by atoms with Crippen LogP contribution < -0.4 is 16.0 Å². The molecular formula is C18H26Cl2IN5O2. The number of hydrogen-bond acceptors (Lipinski definition) is 3. The van der Waals surface area contributed by atoms with Gasteiger partial charge in [-0.05, 0) is 24.6 Å². The Morgan fingerprint density at radius 1 is 1.21 bits per heavy atom. The summed E-state index contributed by atoms with van der Waals surface area (Å²) in [7, 11) is 1.69. The van der Waals surface area contributed by atoms with Crippen molar-refractivity contribution in [1.29, 1.82) is 0 Å². The van der Waals surface area contributed by atoms with Gasteiger partial charge in [-0.3, -0.25) is 14.6 Å². The molecule has 1 aliphatic heterocycles. The fourth-order valence-electron chi connectivity index (χ4n) is 2.81. The van der Waals surface area contributed by atoms with E-state index in [-0.39, 0.29) is 41.8 Å². The summed E-state index contributed by atoms with van der Waals surface area (Å²) in [5, 5.41) is 10.0. The first-order valence-corrected chi connectivity index (χ1v) is 9.68. The zero-order chi connectivity index (χ0) is 19.8. The number of likely N-dealkylation sites (tertiary alicyclic amines) is 1. The lowest BCUT2D eigenvalue weighted by Gasteiger charge is -2.18. The number of nitrogens with one attached hydrogen (secondary N) is 3. The lowest BCUT2D eigenvalue weighted by molar-refractivity contribution is -0.129. The molecule has 7 nitrogen and oxygen atoms in total. The number of aliphatic imine (C=N–C) groups is 1. The minimum absolute atomic E-state index is 0. The third kappa shape index (κ3) is 7.29. The number of nitrogens with zero attached hydrogens (tertiary/aromatic N) is 2. The zero-order valence-electron chi connectivity index (χ0n) is 15.9. The van der Waals surface area contributed by atoms with Crippen LogP contribution >= 0.6 is 47.2 Å². The van der Waals surface area contributed by atoms with Crippen molar-refractivity contribution in [3.8, 4) is 0 Å². The maximum atomic E-state index is 12.1. The van der Waals surface area contributed by atoms with Crippen molar-refractivity contribution in [3.63, 3.8) is 0 Å². The lowest BCUT2D eigenvalue weighted by atomic mass is 10.2. The summed E-state index contributed by atoms with van der Waals surface area (Å²) in [5.41, 5.74) is 0.457. The predicted octanol–water partition coefficient (Wildman–Crippen LogP) is 2.52. The van der Waals surface area contributed by atoms with E-state index < -0.39 is 0 Å². The number of guanidine groups is 1. The van der Waals surface area contributed by atoms with E-state index in [2.05, 4.69) is 20.9 Å². The number of benzene rings is 1. The van der Waals surface area contributed by atoms with Crippen LogP contribution in [0.15, 0.2) is 23.2 Å². The molecule has 1 fully saturated rings. The molecule has 0 radical (unpaired) electrons. The lowest BCUT2D eigenvalue weighted by Crippen LogP contribution is -2.46. The van der Waals surface area contributed by atoms with Gasteiger partial charge in [0.1, 0.15) is 0 Å². The molecular weight excluding hydrogens is 516 g/mol. The Labute approximate surface area is 192 Å². The van der Waals surface area contributed by atoms with Crippen LogP contribution in [0.1, 0.15) is 30.1 Å². The SMILES string of the molecule is CCC(=O)N1CCC(NC(=NC)NCCNC(=O)c2ccc(Cl)c(Cl)c2)C1.I. The van der Waals surface area contributed by atoms with Gasteiger partial charge in [0, 0.05) is 51.3 Å². The number of rotatable bonds is 6. The van der Waals surface area contributed by atoms with Gasteiger partial charge < -0.3 is 20.9 Å². The number of carbonyl (C=O) groups is 2. The molecule has 1 heterocycles. The molecule has 156 valence electrons. The van der Waals surface area contributed by atoms with Gasteiger partial charge in [-0.1, -0.05) is 30.1 Å². The molecule has 0 aromatic heterocycles. The fourth-order valence-corrected chi connectivity index (χ4v) is 3.11. The second-order valence-electron chi connectivity index (χ2n) is 6.21. The van der Waals surface area contributed by atoms with Gasteiger partial charge in [-0.2, -0.15) is 0 Å². The molecule has 1 aromatic carbocycles. The molecule has 0 spiro atoms. The Morgan fingerprint density at radius 2 is 1.93 bits per heavy atom. The summed E-state index contributed by atoms with van der Waals surface area (Å²) in [6.45, 7) is 4.25. The molecule has 28 heavy (non-hydrogen) atoms. The molecule has 0 bridgehead atoms. The molecule has 10 heteroatoms. The van der Waals surface area contributed by atoms with Crippen LogP contribution in [-0.4, -0.2) is 61.9 Å². The number of halogens is 3. The maximum Gasteiger partial charge on any atom is 0.251 e. The average Bonchev–Trinajstić information content (AvgIpc) is 3.14. The van der Waals surface area contributed by atoms with Gasteiger partial charge in [-0.25, -0.2) is 0 Å². The van der Waals surface area contributed by atoms with Crippen LogP contribution in [-0.2, 0) is 4.79 Å². The van der Waals surface area contributed by atoms with Crippen LogP contribution in [0.4, 0.5) is 0 Å². The normalized spacial score (nSPS) is 16.4. The predicted molar refractivity (Wildman–Crippen MR) is 124 cm³/mol. The summed E-state index contributed by atoms with van der Waals surface area (Å²) in [5.74, 6) is 0.602. The molecule has 3 N–H and O–H groups in total. The van der Waals surface area contributed by atoms with Crippen LogP contribution in [0.3, 0.4) is 0 Å². The van der Waals surface area contributed by atoms with Crippen molar-refractivity contribution in [2.24, 2.45) is 4.99 Å². The van der Waals surface area contributed by atoms with E-state index >= 15 is 0 Å². The first kappa shape index (κ1) is 24.8. The van der Waals surface area contributed by atoms with Gasteiger partial charge >= 0.3 is 0 Å². The Bertz CT molecular complexity index is 717. The van der Waals surface area contributed by atoms with E-state index in [1.54, 1.807) is 19.2 Å². The van der Waals surface area contributed by atoms with Crippen LogP contribution in [0.2, 0.25) is 10.0 Å². The van der Waals surface area contributed by atoms with Gasteiger partial charge in [-0.15, -0.1) is 24.0 Å². The van der Waals surface area contributed by atoms with Crippen molar-refractivity contribution >= 4 is 65.0 Å². The second kappa shape index (κ2) is 12.3. The molecule has 2 rings (SSSR count). The topological polar surface area (TPSA) is 85.8 Å². The van der Waals surface area contributed by atoms with E-state index in [0.29, 0.717) is 47.6 Å². The van der Waals surface area contributed by atoms with Crippen molar-refractivity contribution in [3.05, 3.63) is 33.8 Å². The Kier molecular flexibility index (Phi) is 10.9. The quantitative estimate of drug-likeness (QED) is 0.223. The first-order valence-electron chi connectivity index (χ1n) is 8.92. The molecule has 1 aromatic rings. The highest BCUT2D eigenvalue weighted by Gasteiger charge is 2.25. The van der Waals surface area contributed by atoms with Crippen molar-refractivity contribution in [1.82, 2.24) is 20.9 Å². The number of amides is 2. The van der Waals surface area contributed by atoms with Crippen molar-refractivity contribution in [2.45, 2.75) is 25.8 Å². The molecule has 1 saturated heterocycles.